The van der Waals surface area contributed by atoms with Gasteiger partial charge in [0.2, 0.25) is 0 Å². The van der Waals surface area contributed by atoms with E-state index in [2.05, 4.69) is 0 Å². The van der Waals surface area contributed by atoms with Crippen molar-refractivity contribution in [2.45, 2.75) is 51.4 Å². The third-order valence-electron chi connectivity index (χ3n) is 4.17. The maximum atomic E-state index is 12.7. The normalized spacial score (nSPS) is 22.9. The van der Waals surface area contributed by atoms with Crippen LogP contribution in [0.25, 0.3) is 0 Å². The van der Waals surface area contributed by atoms with Gasteiger partial charge >= 0.3 is 0 Å². The molecule has 1 N–H and O–H groups in total. The predicted octanol–water partition coefficient (Wildman–Crippen LogP) is 2.20. The number of hydrogen-bond acceptors (Lipinski definition) is 4. The Kier molecular flexibility index (Phi) is 3.60. The molecule has 1 atom stereocenters. The molecule has 20 heavy (non-hydrogen) atoms. The average molecular weight is 295 g/mol. The maximum absolute atomic E-state index is 12.7. The summed E-state index contributed by atoms with van der Waals surface area (Å²) in [4.78, 5) is 16.6. The summed E-state index contributed by atoms with van der Waals surface area (Å²) in [7, 11) is 0. The van der Waals surface area contributed by atoms with E-state index in [0.29, 0.717) is 6.61 Å². The van der Waals surface area contributed by atoms with Gasteiger partial charge in [-0.2, -0.15) is 0 Å². The molecule has 1 aromatic heterocycles. The smallest absolute Gasteiger partial charge is 0.264 e. The SMILES string of the molecule is CC(C)(O)C1CCCN1C(=O)c1cc2c(s1)CCOC2. The van der Waals surface area contributed by atoms with Crippen LogP contribution in [0.5, 0.6) is 0 Å². The molecule has 1 unspecified atom stereocenters. The molecule has 3 heterocycles. The van der Waals surface area contributed by atoms with Gasteiger partial charge < -0.3 is 14.7 Å². The Hall–Kier alpha value is -0.910. The highest BCUT2D eigenvalue weighted by molar-refractivity contribution is 7.14. The highest BCUT2D eigenvalue weighted by atomic mass is 32.1. The summed E-state index contributed by atoms with van der Waals surface area (Å²) < 4.78 is 5.43. The van der Waals surface area contributed by atoms with Crippen LogP contribution in [-0.2, 0) is 17.8 Å². The van der Waals surface area contributed by atoms with Gasteiger partial charge in [0.25, 0.3) is 5.91 Å². The average Bonchev–Trinajstić information content (AvgIpc) is 3.03. The molecule has 1 aromatic rings. The monoisotopic (exact) mass is 295 g/mol. The molecular weight excluding hydrogens is 274 g/mol. The van der Waals surface area contributed by atoms with Crippen molar-refractivity contribution in [3.63, 3.8) is 0 Å². The van der Waals surface area contributed by atoms with E-state index in [0.717, 1.165) is 42.9 Å². The second-order valence-corrected chi connectivity index (χ2v) is 7.31. The molecule has 1 fully saturated rings. The van der Waals surface area contributed by atoms with E-state index in [1.54, 1.807) is 25.2 Å². The molecule has 0 spiro atoms. The molecule has 1 amide bonds. The number of amides is 1. The Morgan fingerprint density at radius 1 is 1.55 bits per heavy atom. The summed E-state index contributed by atoms with van der Waals surface area (Å²) in [5.74, 6) is 0.0639. The van der Waals surface area contributed by atoms with E-state index in [1.165, 1.54) is 4.88 Å². The zero-order chi connectivity index (χ0) is 14.3. The summed E-state index contributed by atoms with van der Waals surface area (Å²) in [6.45, 7) is 5.69. The first-order chi connectivity index (χ1) is 9.47. The molecule has 0 aromatic carbocycles. The fourth-order valence-electron chi connectivity index (χ4n) is 3.14. The molecule has 5 heteroatoms. The van der Waals surface area contributed by atoms with Crippen molar-refractivity contribution in [2.75, 3.05) is 13.2 Å². The van der Waals surface area contributed by atoms with Crippen LogP contribution in [-0.4, -0.2) is 40.7 Å². The number of aliphatic hydroxyl groups is 1. The van der Waals surface area contributed by atoms with Gasteiger partial charge in [-0.25, -0.2) is 0 Å². The van der Waals surface area contributed by atoms with Gasteiger partial charge in [-0.15, -0.1) is 11.3 Å². The molecule has 0 radical (unpaired) electrons. The van der Waals surface area contributed by atoms with Crippen molar-refractivity contribution in [1.29, 1.82) is 0 Å². The minimum atomic E-state index is -0.841. The van der Waals surface area contributed by atoms with Crippen LogP contribution in [0.3, 0.4) is 0 Å². The van der Waals surface area contributed by atoms with Gasteiger partial charge in [-0.1, -0.05) is 0 Å². The largest absolute Gasteiger partial charge is 0.388 e. The molecule has 4 nitrogen and oxygen atoms in total. The molecule has 110 valence electrons. The third-order valence-corrected chi connectivity index (χ3v) is 5.39. The van der Waals surface area contributed by atoms with Crippen LogP contribution in [0, 0.1) is 0 Å². The molecule has 1 saturated heterocycles. The van der Waals surface area contributed by atoms with Crippen molar-refractivity contribution in [2.24, 2.45) is 0 Å². The molecule has 2 aliphatic heterocycles. The molecule has 2 aliphatic rings. The van der Waals surface area contributed by atoms with Crippen molar-refractivity contribution in [3.8, 4) is 0 Å². The fraction of sp³-hybridized carbons (Fsp3) is 0.667. The molecule has 3 rings (SSSR count). The zero-order valence-corrected chi connectivity index (χ0v) is 12.8. The Morgan fingerprint density at radius 3 is 3.05 bits per heavy atom. The van der Waals surface area contributed by atoms with Crippen LogP contribution in [0.2, 0.25) is 0 Å². The lowest BCUT2D eigenvalue weighted by molar-refractivity contribution is 0.000514. The topological polar surface area (TPSA) is 49.8 Å². The Bertz CT molecular complexity index is 494. The quantitative estimate of drug-likeness (QED) is 0.910. The lowest BCUT2D eigenvalue weighted by atomic mass is 9.96. The van der Waals surface area contributed by atoms with Gasteiger partial charge in [0.15, 0.2) is 0 Å². The van der Waals surface area contributed by atoms with Gasteiger partial charge in [-0.3, -0.25) is 4.79 Å². The first-order valence-corrected chi connectivity index (χ1v) is 8.01. The van der Waals surface area contributed by atoms with Crippen LogP contribution in [0.1, 0.15) is 46.8 Å². The van der Waals surface area contributed by atoms with Gasteiger partial charge in [0.1, 0.15) is 0 Å². The Morgan fingerprint density at radius 2 is 2.35 bits per heavy atom. The summed E-state index contributed by atoms with van der Waals surface area (Å²) in [6, 6.07) is 1.90. The van der Waals surface area contributed by atoms with Crippen LogP contribution >= 0.6 is 11.3 Å². The maximum Gasteiger partial charge on any atom is 0.264 e. The molecule has 0 aliphatic carbocycles. The van der Waals surface area contributed by atoms with E-state index in [1.807, 2.05) is 11.0 Å². The zero-order valence-electron chi connectivity index (χ0n) is 12.0. The van der Waals surface area contributed by atoms with Gasteiger partial charge in [0, 0.05) is 17.8 Å². The van der Waals surface area contributed by atoms with E-state index >= 15 is 0 Å². The molecule has 0 bridgehead atoms. The van der Waals surface area contributed by atoms with Crippen LogP contribution in [0.15, 0.2) is 6.07 Å². The predicted molar refractivity (Wildman–Crippen MR) is 78.0 cm³/mol. The number of ether oxygens (including phenoxy) is 1. The number of thiophene rings is 1. The number of carbonyl (C=O) groups is 1. The first-order valence-electron chi connectivity index (χ1n) is 7.19. The first kappa shape index (κ1) is 14.0. The minimum absolute atomic E-state index is 0.0639. The van der Waals surface area contributed by atoms with E-state index < -0.39 is 5.60 Å². The Balaban J connectivity index is 1.83. The van der Waals surface area contributed by atoms with E-state index in [-0.39, 0.29) is 11.9 Å². The number of likely N-dealkylation sites (tertiary alicyclic amines) is 1. The standard InChI is InChI=1S/C15H21NO3S/c1-15(2,18)13-4-3-6-16(13)14(17)12-8-10-9-19-7-5-11(10)20-12/h8,13,18H,3-7,9H2,1-2H3. The molecular formula is C15H21NO3S. The second kappa shape index (κ2) is 5.13. The Labute approximate surface area is 123 Å². The van der Waals surface area contributed by atoms with Crippen LogP contribution < -0.4 is 0 Å². The lowest BCUT2D eigenvalue weighted by Gasteiger charge is -2.33. The summed E-state index contributed by atoms with van der Waals surface area (Å²) in [5, 5.41) is 10.2. The summed E-state index contributed by atoms with van der Waals surface area (Å²) in [6.07, 6.45) is 2.75. The van der Waals surface area contributed by atoms with Crippen molar-refractivity contribution < 1.29 is 14.6 Å². The van der Waals surface area contributed by atoms with Crippen LogP contribution in [0.4, 0.5) is 0 Å². The van der Waals surface area contributed by atoms with Crippen molar-refractivity contribution in [1.82, 2.24) is 4.90 Å². The highest BCUT2D eigenvalue weighted by Crippen LogP contribution is 2.32. The highest BCUT2D eigenvalue weighted by Gasteiger charge is 2.39. The van der Waals surface area contributed by atoms with E-state index in [9.17, 15) is 9.90 Å². The second-order valence-electron chi connectivity index (χ2n) is 6.17. The third kappa shape index (κ3) is 2.50. The van der Waals surface area contributed by atoms with Gasteiger partial charge in [0.05, 0.1) is 29.7 Å². The van der Waals surface area contributed by atoms with E-state index in [4.69, 9.17) is 4.74 Å². The minimum Gasteiger partial charge on any atom is -0.388 e. The van der Waals surface area contributed by atoms with Crippen molar-refractivity contribution >= 4 is 17.2 Å². The number of hydrogen-bond donors (Lipinski definition) is 1. The number of fused-ring (bicyclic) bond motifs is 1. The van der Waals surface area contributed by atoms with Crippen molar-refractivity contribution in [3.05, 3.63) is 21.4 Å². The number of carbonyl (C=O) groups excluding carboxylic acids is 1. The summed E-state index contributed by atoms with van der Waals surface area (Å²) in [5.41, 5.74) is 0.315. The summed E-state index contributed by atoms with van der Waals surface area (Å²) >= 11 is 1.59. The lowest BCUT2D eigenvalue weighted by Crippen LogP contribution is -2.48. The number of nitrogens with zero attached hydrogens (tertiary/aromatic N) is 1. The molecule has 0 saturated carbocycles. The number of rotatable bonds is 2. The fourth-order valence-corrected chi connectivity index (χ4v) is 4.24. The van der Waals surface area contributed by atoms with Gasteiger partial charge in [-0.05, 0) is 38.3 Å².